The van der Waals surface area contributed by atoms with Gasteiger partial charge in [0.25, 0.3) is 0 Å². The van der Waals surface area contributed by atoms with Crippen LogP contribution in [0.4, 0.5) is 0 Å². The smallest absolute Gasteiger partial charge is 0.344 e. The number of esters is 1. The van der Waals surface area contributed by atoms with E-state index in [4.69, 9.17) is 4.74 Å². The first-order chi connectivity index (χ1) is 16.4. The molecule has 4 nitrogen and oxygen atoms in total. The fourth-order valence-electron chi connectivity index (χ4n) is 6.20. The van der Waals surface area contributed by atoms with Gasteiger partial charge in [-0.05, 0) is 107 Å². The zero-order valence-corrected chi connectivity index (χ0v) is 21.6. The van der Waals surface area contributed by atoms with Gasteiger partial charge >= 0.3 is 5.97 Å². The van der Waals surface area contributed by atoms with Crippen molar-refractivity contribution in [2.75, 3.05) is 0 Å². The van der Waals surface area contributed by atoms with Gasteiger partial charge in [0, 0.05) is 4.47 Å². The third-order valence-corrected chi connectivity index (χ3v) is 8.84. The van der Waals surface area contributed by atoms with Crippen molar-refractivity contribution in [1.29, 1.82) is 10.5 Å². The number of benzene rings is 2. The molecule has 0 amide bonds. The molecule has 0 atom stereocenters. The molecule has 0 radical (unpaired) electrons. The molecular weight excluding hydrogens is 488 g/mol. The van der Waals surface area contributed by atoms with Gasteiger partial charge in [0.15, 0.2) is 0 Å². The molecule has 0 spiro atoms. The van der Waals surface area contributed by atoms with Gasteiger partial charge in [-0.15, -0.1) is 0 Å². The van der Waals surface area contributed by atoms with E-state index in [0.29, 0.717) is 21.9 Å². The Bertz CT molecular complexity index is 1160. The number of hydrogen-bond donors (Lipinski definition) is 0. The summed E-state index contributed by atoms with van der Waals surface area (Å²) in [5, 5.41) is 19.2. The van der Waals surface area contributed by atoms with Crippen LogP contribution in [0.15, 0.2) is 34.8 Å². The lowest BCUT2D eigenvalue weighted by Crippen LogP contribution is -2.44. The number of nitriles is 2. The average Bonchev–Trinajstić information content (AvgIpc) is 2.85. The first kappa shape index (κ1) is 24.5. The Morgan fingerprint density at radius 3 is 2.21 bits per heavy atom. The summed E-state index contributed by atoms with van der Waals surface area (Å²) < 4.78 is 6.33. The first-order valence-corrected chi connectivity index (χ1v) is 13.2. The fourth-order valence-corrected chi connectivity index (χ4v) is 6.74. The predicted octanol–water partition coefficient (Wildman–Crippen LogP) is 7.76. The van der Waals surface area contributed by atoms with E-state index in [1.54, 1.807) is 12.1 Å². The van der Waals surface area contributed by atoms with Gasteiger partial charge < -0.3 is 4.74 Å². The summed E-state index contributed by atoms with van der Waals surface area (Å²) in [6.45, 7) is 4.31. The number of rotatable bonds is 7. The monoisotopic (exact) mass is 518 g/mol. The Hall–Kier alpha value is -2.63. The maximum absolute atomic E-state index is 13.0. The fraction of sp³-hybridized carbons (Fsp3) is 0.483. The van der Waals surface area contributed by atoms with Crippen LogP contribution in [0, 0.1) is 28.1 Å². The van der Waals surface area contributed by atoms with Crippen LogP contribution in [0.3, 0.4) is 0 Å². The third kappa shape index (κ3) is 4.39. The standard InChI is InChI=1S/C29H31BrN2O2/c1-3-5-20-6-9-26(24(19-32)23(20)18-31)34-27(33)22-8-7-21(17-25(22)30)29-14-11-28(10-4-2,12-15-29)13-16-29/h6-9,17H,3-5,10-16H2,1-2H3. The Labute approximate surface area is 211 Å². The van der Waals surface area contributed by atoms with E-state index in [-0.39, 0.29) is 22.3 Å². The van der Waals surface area contributed by atoms with Crippen molar-refractivity contribution in [3.8, 4) is 17.9 Å². The highest BCUT2D eigenvalue weighted by Gasteiger charge is 2.48. The second-order valence-electron chi connectivity index (χ2n) is 10.1. The lowest BCUT2D eigenvalue weighted by molar-refractivity contribution is 0.0320. The molecule has 34 heavy (non-hydrogen) atoms. The molecule has 0 heterocycles. The predicted molar refractivity (Wildman–Crippen MR) is 136 cm³/mol. The third-order valence-electron chi connectivity index (χ3n) is 8.18. The normalized spacial score (nSPS) is 23.2. The molecule has 2 bridgehead atoms. The topological polar surface area (TPSA) is 73.9 Å². The summed E-state index contributed by atoms with van der Waals surface area (Å²) in [4.78, 5) is 13.0. The molecule has 2 aromatic carbocycles. The van der Waals surface area contributed by atoms with Crippen LogP contribution in [0.1, 0.15) is 104 Å². The van der Waals surface area contributed by atoms with Crippen molar-refractivity contribution in [2.45, 2.75) is 83.5 Å². The highest BCUT2D eigenvalue weighted by atomic mass is 79.9. The van der Waals surface area contributed by atoms with E-state index >= 15 is 0 Å². The Morgan fingerprint density at radius 1 is 0.971 bits per heavy atom. The number of carbonyl (C=O) groups excluding carboxylic acids is 1. The summed E-state index contributed by atoms with van der Waals surface area (Å²) in [6.07, 6.45) is 11.7. The van der Waals surface area contributed by atoms with Crippen molar-refractivity contribution in [1.82, 2.24) is 0 Å². The van der Waals surface area contributed by atoms with E-state index in [1.807, 2.05) is 13.0 Å². The molecule has 5 rings (SSSR count). The first-order valence-electron chi connectivity index (χ1n) is 12.4. The number of ether oxygens (including phenoxy) is 1. The van der Waals surface area contributed by atoms with Crippen LogP contribution in [0.25, 0.3) is 0 Å². The van der Waals surface area contributed by atoms with Crippen molar-refractivity contribution in [3.05, 3.63) is 62.6 Å². The largest absolute Gasteiger partial charge is 0.421 e. The van der Waals surface area contributed by atoms with Crippen LogP contribution in [-0.4, -0.2) is 5.97 Å². The van der Waals surface area contributed by atoms with Crippen molar-refractivity contribution in [2.24, 2.45) is 5.41 Å². The van der Waals surface area contributed by atoms with E-state index in [0.717, 1.165) is 12.0 Å². The minimum absolute atomic E-state index is 0.119. The van der Waals surface area contributed by atoms with Gasteiger partial charge in [-0.2, -0.15) is 10.5 Å². The molecule has 3 aliphatic carbocycles. The SMILES string of the molecule is CCCc1ccc(OC(=O)c2ccc(C34CCC(CCC)(CC3)CC4)cc2Br)c(C#N)c1C#N. The van der Waals surface area contributed by atoms with Gasteiger partial charge in [-0.3, -0.25) is 0 Å². The van der Waals surface area contributed by atoms with Crippen molar-refractivity contribution >= 4 is 21.9 Å². The van der Waals surface area contributed by atoms with E-state index in [9.17, 15) is 15.3 Å². The van der Waals surface area contributed by atoms with Crippen LogP contribution in [-0.2, 0) is 11.8 Å². The summed E-state index contributed by atoms with van der Waals surface area (Å²) in [6, 6.07) is 13.6. The van der Waals surface area contributed by atoms with Crippen LogP contribution in [0.2, 0.25) is 0 Å². The minimum atomic E-state index is -0.534. The molecule has 0 unspecified atom stereocenters. The molecule has 0 saturated heterocycles. The second kappa shape index (κ2) is 9.93. The summed E-state index contributed by atoms with van der Waals surface area (Å²) in [5.74, 6) is -0.404. The molecule has 0 N–H and O–H groups in total. The Balaban J connectivity index is 1.55. The van der Waals surface area contributed by atoms with Crippen LogP contribution < -0.4 is 4.74 Å². The summed E-state index contributed by atoms with van der Waals surface area (Å²) in [5.41, 5.74) is 3.71. The molecular formula is C29H31BrN2O2. The maximum atomic E-state index is 13.0. The van der Waals surface area contributed by atoms with Gasteiger partial charge in [0.05, 0.1) is 11.1 Å². The van der Waals surface area contributed by atoms with Gasteiger partial charge in [0.1, 0.15) is 23.5 Å². The summed E-state index contributed by atoms with van der Waals surface area (Å²) in [7, 11) is 0. The van der Waals surface area contributed by atoms with Crippen LogP contribution >= 0.6 is 15.9 Å². The molecule has 3 saturated carbocycles. The lowest BCUT2D eigenvalue weighted by Gasteiger charge is -2.54. The number of carbonyl (C=O) groups is 1. The van der Waals surface area contributed by atoms with Gasteiger partial charge in [-0.25, -0.2) is 4.79 Å². The molecule has 2 aromatic rings. The molecule has 0 aromatic heterocycles. The Kier molecular flexibility index (Phi) is 7.15. The summed E-state index contributed by atoms with van der Waals surface area (Å²) >= 11 is 3.61. The minimum Gasteiger partial charge on any atom is -0.421 e. The zero-order valence-electron chi connectivity index (χ0n) is 20.0. The lowest BCUT2D eigenvalue weighted by atomic mass is 9.51. The highest BCUT2D eigenvalue weighted by molar-refractivity contribution is 9.10. The van der Waals surface area contributed by atoms with Crippen molar-refractivity contribution < 1.29 is 9.53 Å². The molecule has 0 aliphatic heterocycles. The maximum Gasteiger partial charge on any atom is 0.344 e. The second-order valence-corrected chi connectivity index (χ2v) is 10.9. The number of hydrogen-bond acceptors (Lipinski definition) is 4. The molecule has 3 aliphatic rings. The van der Waals surface area contributed by atoms with Crippen LogP contribution in [0.5, 0.6) is 5.75 Å². The number of fused-ring (bicyclic) bond motifs is 3. The van der Waals surface area contributed by atoms with Gasteiger partial charge in [-0.1, -0.05) is 38.8 Å². The molecule has 3 fully saturated rings. The van der Waals surface area contributed by atoms with E-state index in [2.05, 4.69) is 47.1 Å². The quantitative estimate of drug-likeness (QED) is 0.277. The van der Waals surface area contributed by atoms with Gasteiger partial charge in [0.2, 0.25) is 0 Å². The Morgan fingerprint density at radius 2 is 1.65 bits per heavy atom. The number of halogens is 1. The highest BCUT2D eigenvalue weighted by Crippen LogP contribution is 2.59. The van der Waals surface area contributed by atoms with E-state index in [1.165, 1.54) is 56.9 Å². The molecule has 5 heteroatoms. The van der Waals surface area contributed by atoms with Crippen molar-refractivity contribution in [3.63, 3.8) is 0 Å². The average molecular weight is 519 g/mol. The molecule has 176 valence electrons. The number of aryl methyl sites for hydroxylation is 1. The zero-order chi connectivity index (χ0) is 24.3. The van der Waals surface area contributed by atoms with E-state index < -0.39 is 5.97 Å². The number of nitrogens with zero attached hydrogens (tertiary/aromatic N) is 2.